The molecule has 0 atom stereocenters. The lowest BCUT2D eigenvalue weighted by Crippen LogP contribution is -2.41. The first kappa shape index (κ1) is 17.0. The van der Waals surface area contributed by atoms with E-state index in [1.807, 2.05) is 6.92 Å². The van der Waals surface area contributed by atoms with E-state index in [0.29, 0.717) is 24.9 Å². The Kier molecular flexibility index (Phi) is 6.14. The number of aromatic nitrogens is 1. The molecule has 0 saturated carbocycles. The second-order valence-corrected chi connectivity index (χ2v) is 5.46. The molecule has 5 nitrogen and oxygen atoms in total. The maximum atomic E-state index is 12.9. The normalized spacial score (nSPS) is 11.8. The van der Waals surface area contributed by atoms with Crippen molar-refractivity contribution in [2.24, 2.45) is 4.99 Å². The predicted molar refractivity (Wildman–Crippen MR) is 89.9 cm³/mol. The Bertz CT molecular complexity index is 634. The Morgan fingerprint density at radius 1 is 1.30 bits per heavy atom. The molecule has 0 aliphatic heterocycles. The first-order valence-electron chi connectivity index (χ1n) is 7.83. The Morgan fingerprint density at radius 3 is 2.70 bits per heavy atom. The summed E-state index contributed by atoms with van der Waals surface area (Å²) in [5.41, 5.74) is 1.59. The van der Waals surface area contributed by atoms with E-state index in [-0.39, 0.29) is 5.82 Å². The summed E-state index contributed by atoms with van der Waals surface area (Å²) in [5.74, 6) is 1.02. The summed E-state index contributed by atoms with van der Waals surface area (Å²) in [7, 11) is 0. The van der Waals surface area contributed by atoms with Crippen LogP contribution in [0, 0.1) is 5.82 Å². The molecule has 6 heteroatoms. The Labute approximate surface area is 136 Å². The van der Waals surface area contributed by atoms with E-state index in [2.05, 4.69) is 34.5 Å². The molecular formula is C17H23FN4O. The van der Waals surface area contributed by atoms with Crippen molar-refractivity contribution in [1.29, 1.82) is 0 Å². The number of halogens is 1. The van der Waals surface area contributed by atoms with E-state index < -0.39 is 0 Å². The number of hydrogen-bond donors (Lipinski definition) is 2. The molecule has 2 aromatic rings. The second-order valence-electron chi connectivity index (χ2n) is 5.46. The van der Waals surface area contributed by atoms with Gasteiger partial charge in [-0.1, -0.05) is 0 Å². The van der Waals surface area contributed by atoms with Crippen LogP contribution in [0.25, 0.3) is 11.5 Å². The number of guanidine groups is 1. The predicted octanol–water partition coefficient (Wildman–Crippen LogP) is 2.99. The van der Waals surface area contributed by atoms with Crippen LogP contribution in [0.5, 0.6) is 0 Å². The fourth-order valence-corrected chi connectivity index (χ4v) is 2.02. The van der Waals surface area contributed by atoms with Crippen molar-refractivity contribution in [3.05, 3.63) is 42.0 Å². The Hall–Kier alpha value is -2.37. The summed E-state index contributed by atoms with van der Waals surface area (Å²) in [6.07, 6.45) is 2.30. The molecule has 2 rings (SSSR count). The Balaban J connectivity index is 1.94. The van der Waals surface area contributed by atoms with E-state index in [9.17, 15) is 4.39 Å². The summed E-state index contributed by atoms with van der Waals surface area (Å²) in [5, 5.41) is 6.46. The maximum Gasteiger partial charge on any atom is 0.226 e. The highest BCUT2D eigenvalue weighted by atomic mass is 19.1. The van der Waals surface area contributed by atoms with E-state index in [0.717, 1.165) is 23.8 Å². The first-order valence-corrected chi connectivity index (χ1v) is 7.83. The quantitative estimate of drug-likeness (QED) is 0.635. The van der Waals surface area contributed by atoms with Crippen LogP contribution in [0.4, 0.5) is 4.39 Å². The van der Waals surface area contributed by atoms with Crippen molar-refractivity contribution in [1.82, 2.24) is 15.6 Å². The highest BCUT2D eigenvalue weighted by Gasteiger charge is 2.07. The smallest absolute Gasteiger partial charge is 0.226 e. The standard InChI is InChI=1S/C17H23FN4O/c1-4-19-17(21-12(2)3)20-10-9-15-11-23-16(22-15)13-5-7-14(18)8-6-13/h5-8,11-12H,4,9-10H2,1-3H3,(H2,19,20,21). The Morgan fingerprint density at radius 2 is 2.04 bits per heavy atom. The van der Waals surface area contributed by atoms with Gasteiger partial charge in [0.15, 0.2) is 5.96 Å². The molecule has 1 aromatic heterocycles. The van der Waals surface area contributed by atoms with Gasteiger partial charge in [-0.2, -0.15) is 0 Å². The lowest BCUT2D eigenvalue weighted by molar-refractivity contribution is 0.572. The van der Waals surface area contributed by atoms with Gasteiger partial charge in [-0.15, -0.1) is 0 Å². The first-order chi connectivity index (χ1) is 11.1. The SMILES string of the molecule is CCNC(=NCCc1coc(-c2ccc(F)cc2)n1)NC(C)C. The minimum absolute atomic E-state index is 0.275. The van der Waals surface area contributed by atoms with Crippen LogP contribution in [0.2, 0.25) is 0 Å². The summed E-state index contributed by atoms with van der Waals surface area (Å²) in [6, 6.07) is 6.41. The molecule has 0 bridgehead atoms. The van der Waals surface area contributed by atoms with Crippen molar-refractivity contribution in [3.63, 3.8) is 0 Å². The van der Waals surface area contributed by atoms with Crippen LogP contribution >= 0.6 is 0 Å². The third-order valence-electron chi connectivity index (χ3n) is 3.05. The zero-order valence-corrected chi connectivity index (χ0v) is 13.8. The van der Waals surface area contributed by atoms with Crippen LogP contribution in [0.3, 0.4) is 0 Å². The third-order valence-corrected chi connectivity index (χ3v) is 3.05. The molecule has 124 valence electrons. The molecule has 0 spiro atoms. The van der Waals surface area contributed by atoms with E-state index >= 15 is 0 Å². The average molecular weight is 318 g/mol. The largest absolute Gasteiger partial charge is 0.444 e. The fourth-order valence-electron chi connectivity index (χ4n) is 2.02. The van der Waals surface area contributed by atoms with Crippen LogP contribution in [-0.4, -0.2) is 30.1 Å². The third kappa shape index (κ3) is 5.39. The molecule has 0 amide bonds. The van der Waals surface area contributed by atoms with Crippen molar-refractivity contribution in [2.75, 3.05) is 13.1 Å². The molecule has 2 N–H and O–H groups in total. The van der Waals surface area contributed by atoms with Crippen molar-refractivity contribution < 1.29 is 8.81 Å². The zero-order chi connectivity index (χ0) is 16.7. The van der Waals surface area contributed by atoms with E-state index in [1.54, 1.807) is 18.4 Å². The van der Waals surface area contributed by atoms with Crippen molar-refractivity contribution >= 4 is 5.96 Å². The van der Waals surface area contributed by atoms with Gasteiger partial charge in [0.05, 0.1) is 5.69 Å². The number of hydrogen-bond acceptors (Lipinski definition) is 3. The summed E-state index contributed by atoms with van der Waals surface area (Å²) < 4.78 is 18.4. The molecule has 23 heavy (non-hydrogen) atoms. The summed E-state index contributed by atoms with van der Waals surface area (Å²) >= 11 is 0. The summed E-state index contributed by atoms with van der Waals surface area (Å²) in [6.45, 7) is 7.59. The maximum absolute atomic E-state index is 12.9. The van der Waals surface area contributed by atoms with Crippen molar-refractivity contribution in [3.8, 4) is 11.5 Å². The van der Waals surface area contributed by atoms with Gasteiger partial charge in [-0.25, -0.2) is 9.37 Å². The van der Waals surface area contributed by atoms with Crippen LogP contribution in [-0.2, 0) is 6.42 Å². The molecule has 0 fully saturated rings. The lowest BCUT2D eigenvalue weighted by atomic mass is 10.2. The number of aliphatic imine (C=N–C) groups is 1. The molecule has 0 saturated heterocycles. The minimum atomic E-state index is -0.275. The molecule has 0 unspecified atom stereocenters. The molecule has 1 heterocycles. The van der Waals surface area contributed by atoms with E-state index in [4.69, 9.17) is 4.42 Å². The van der Waals surface area contributed by atoms with Gasteiger partial charge in [-0.3, -0.25) is 4.99 Å². The summed E-state index contributed by atoms with van der Waals surface area (Å²) in [4.78, 5) is 8.92. The number of benzene rings is 1. The zero-order valence-electron chi connectivity index (χ0n) is 13.8. The van der Waals surface area contributed by atoms with Crippen LogP contribution in [0.15, 0.2) is 39.9 Å². The number of oxazole rings is 1. The van der Waals surface area contributed by atoms with E-state index in [1.165, 1.54) is 12.1 Å². The van der Waals surface area contributed by atoms with Gasteiger partial charge < -0.3 is 15.1 Å². The van der Waals surface area contributed by atoms with Gasteiger partial charge in [-0.05, 0) is 45.0 Å². The molecular weight excluding hydrogens is 295 g/mol. The topological polar surface area (TPSA) is 62.5 Å². The van der Waals surface area contributed by atoms with Crippen molar-refractivity contribution in [2.45, 2.75) is 33.2 Å². The minimum Gasteiger partial charge on any atom is -0.444 e. The van der Waals surface area contributed by atoms with Gasteiger partial charge in [0.1, 0.15) is 12.1 Å². The fraction of sp³-hybridized carbons (Fsp3) is 0.412. The van der Waals surface area contributed by atoms with Gasteiger partial charge in [0.2, 0.25) is 5.89 Å². The molecule has 0 aliphatic rings. The van der Waals surface area contributed by atoms with Crippen LogP contribution < -0.4 is 10.6 Å². The van der Waals surface area contributed by atoms with Gasteiger partial charge >= 0.3 is 0 Å². The van der Waals surface area contributed by atoms with Crippen LogP contribution in [0.1, 0.15) is 26.5 Å². The molecule has 0 aliphatic carbocycles. The monoisotopic (exact) mass is 318 g/mol. The average Bonchev–Trinajstić information content (AvgIpc) is 2.96. The molecule has 0 radical (unpaired) electrons. The lowest BCUT2D eigenvalue weighted by Gasteiger charge is -2.13. The van der Waals surface area contributed by atoms with Gasteiger partial charge in [0, 0.05) is 31.1 Å². The van der Waals surface area contributed by atoms with Gasteiger partial charge in [0.25, 0.3) is 0 Å². The highest BCUT2D eigenvalue weighted by Crippen LogP contribution is 2.19. The highest BCUT2D eigenvalue weighted by molar-refractivity contribution is 5.79. The second kappa shape index (κ2) is 8.31. The number of nitrogens with zero attached hydrogens (tertiary/aromatic N) is 2. The number of nitrogens with one attached hydrogen (secondary N) is 2. The molecule has 1 aromatic carbocycles. The number of rotatable bonds is 6.